The summed E-state index contributed by atoms with van der Waals surface area (Å²) in [6.07, 6.45) is 1.75. The molecule has 2 aromatic heterocycles. The van der Waals surface area contributed by atoms with Crippen molar-refractivity contribution in [3.63, 3.8) is 0 Å². The van der Waals surface area contributed by atoms with Gasteiger partial charge in [-0.15, -0.1) is 0 Å². The van der Waals surface area contributed by atoms with E-state index < -0.39 is 8.07 Å². The normalized spacial score (nSPS) is 12.1. The van der Waals surface area contributed by atoms with Crippen molar-refractivity contribution in [3.05, 3.63) is 60.9 Å². The Hall–Kier alpha value is -2.39. The zero-order valence-corrected chi connectivity index (χ0v) is 14.6. The number of fused-ring (bicyclic) bond motifs is 3. The Labute approximate surface area is 136 Å². The van der Waals surface area contributed by atoms with Gasteiger partial charge in [-0.05, 0) is 18.2 Å². The second-order valence-electron chi connectivity index (χ2n) is 6.97. The summed E-state index contributed by atoms with van der Waals surface area (Å²) in [6.45, 7) is 7.10. The number of rotatable bonds is 2. The van der Waals surface area contributed by atoms with E-state index in [-0.39, 0.29) is 0 Å². The zero-order valence-electron chi connectivity index (χ0n) is 13.6. The Morgan fingerprint density at radius 3 is 2.30 bits per heavy atom. The molecule has 23 heavy (non-hydrogen) atoms. The molecule has 0 amide bonds. The van der Waals surface area contributed by atoms with E-state index in [0.717, 1.165) is 33.1 Å². The van der Waals surface area contributed by atoms with Crippen LogP contribution in [0.15, 0.2) is 65.3 Å². The Kier molecular flexibility index (Phi) is 3.13. The van der Waals surface area contributed by atoms with Crippen LogP contribution in [0.2, 0.25) is 19.6 Å². The van der Waals surface area contributed by atoms with Crippen LogP contribution in [-0.4, -0.2) is 13.1 Å². The lowest BCUT2D eigenvalue weighted by molar-refractivity contribution is 0.619. The number of hydrogen-bond donors (Lipinski definition) is 0. The number of para-hydroxylation sites is 1. The Balaban J connectivity index is 1.95. The van der Waals surface area contributed by atoms with Crippen LogP contribution in [0, 0.1) is 0 Å². The number of nitrogens with zero attached hydrogens (tertiary/aromatic N) is 1. The highest BCUT2D eigenvalue weighted by atomic mass is 28.3. The predicted molar refractivity (Wildman–Crippen MR) is 99.9 cm³/mol. The summed E-state index contributed by atoms with van der Waals surface area (Å²) >= 11 is 0. The van der Waals surface area contributed by atoms with Crippen molar-refractivity contribution in [1.29, 1.82) is 0 Å². The van der Waals surface area contributed by atoms with Gasteiger partial charge in [0, 0.05) is 16.3 Å². The van der Waals surface area contributed by atoms with Gasteiger partial charge in [-0.25, -0.2) is 4.98 Å². The highest BCUT2D eigenvalue weighted by Gasteiger charge is 2.17. The van der Waals surface area contributed by atoms with Gasteiger partial charge in [0.15, 0.2) is 0 Å². The molecule has 2 aromatic carbocycles. The Morgan fingerprint density at radius 1 is 0.826 bits per heavy atom. The van der Waals surface area contributed by atoms with Crippen LogP contribution in [-0.2, 0) is 0 Å². The first-order valence-corrected chi connectivity index (χ1v) is 11.4. The molecule has 0 aliphatic heterocycles. The average molecular weight is 317 g/mol. The highest BCUT2D eigenvalue weighted by Crippen LogP contribution is 2.32. The number of furan rings is 1. The SMILES string of the molecule is C[Si](C)(C)c1ccc(-c2nc3ccccc3c3occc23)cc1. The summed E-state index contributed by atoms with van der Waals surface area (Å²) in [5, 5.41) is 3.60. The minimum Gasteiger partial charge on any atom is -0.464 e. The fourth-order valence-electron chi connectivity index (χ4n) is 3.00. The molecule has 0 aliphatic carbocycles. The first-order chi connectivity index (χ1) is 11.0. The molecule has 0 aliphatic rings. The van der Waals surface area contributed by atoms with Gasteiger partial charge < -0.3 is 4.42 Å². The van der Waals surface area contributed by atoms with Gasteiger partial charge in [0.2, 0.25) is 0 Å². The van der Waals surface area contributed by atoms with Crippen molar-refractivity contribution < 1.29 is 4.42 Å². The van der Waals surface area contributed by atoms with Gasteiger partial charge in [0.05, 0.1) is 25.5 Å². The molecule has 2 nitrogen and oxygen atoms in total. The largest absolute Gasteiger partial charge is 0.464 e. The minimum atomic E-state index is -1.28. The summed E-state index contributed by atoms with van der Waals surface area (Å²) in [5.74, 6) is 0. The van der Waals surface area contributed by atoms with E-state index in [4.69, 9.17) is 9.40 Å². The van der Waals surface area contributed by atoms with E-state index in [1.54, 1.807) is 6.26 Å². The molecule has 0 N–H and O–H groups in total. The van der Waals surface area contributed by atoms with Crippen LogP contribution in [0.4, 0.5) is 0 Å². The van der Waals surface area contributed by atoms with E-state index in [2.05, 4.69) is 50.0 Å². The van der Waals surface area contributed by atoms with Crippen molar-refractivity contribution in [1.82, 2.24) is 4.98 Å². The Bertz CT molecular complexity index is 994. The maximum atomic E-state index is 5.74. The second kappa shape index (κ2) is 5.07. The van der Waals surface area contributed by atoms with Crippen molar-refractivity contribution in [2.24, 2.45) is 0 Å². The number of hydrogen-bond acceptors (Lipinski definition) is 2. The molecular formula is C20H19NOSi. The molecule has 0 unspecified atom stereocenters. The molecule has 0 spiro atoms. The molecular weight excluding hydrogens is 298 g/mol. The summed E-state index contributed by atoms with van der Waals surface area (Å²) in [6, 6.07) is 19.0. The van der Waals surface area contributed by atoms with E-state index in [9.17, 15) is 0 Å². The van der Waals surface area contributed by atoms with Crippen molar-refractivity contribution in [2.45, 2.75) is 19.6 Å². The van der Waals surface area contributed by atoms with E-state index >= 15 is 0 Å². The quantitative estimate of drug-likeness (QED) is 0.475. The molecule has 0 atom stereocenters. The summed E-state index contributed by atoms with van der Waals surface area (Å²) in [4.78, 5) is 4.89. The zero-order chi connectivity index (χ0) is 16.0. The molecule has 4 rings (SSSR count). The van der Waals surface area contributed by atoms with Gasteiger partial charge in [0.1, 0.15) is 5.58 Å². The van der Waals surface area contributed by atoms with Gasteiger partial charge in [-0.3, -0.25) is 0 Å². The monoisotopic (exact) mass is 317 g/mol. The molecule has 0 saturated heterocycles. The van der Waals surface area contributed by atoms with Crippen LogP contribution >= 0.6 is 0 Å². The summed E-state index contributed by atoms with van der Waals surface area (Å²) in [5.41, 5.74) is 4.03. The highest BCUT2D eigenvalue weighted by molar-refractivity contribution is 6.88. The third kappa shape index (κ3) is 2.37. The lowest BCUT2D eigenvalue weighted by atomic mass is 10.1. The maximum absolute atomic E-state index is 5.74. The van der Waals surface area contributed by atoms with Crippen molar-refractivity contribution in [3.8, 4) is 11.3 Å². The van der Waals surface area contributed by atoms with Crippen LogP contribution in [0.1, 0.15) is 0 Å². The van der Waals surface area contributed by atoms with E-state index in [0.29, 0.717) is 0 Å². The predicted octanol–water partition coefficient (Wildman–Crippen LogP) is 5.19. The van der Waals surface area contributed by atoms with Crippen LogP contribution < -0.4 is 5.19 Å². The van der Waals surface area contributed by atoms with Crippen LogP contribution in [0.5, 0.6) is 0 Å². The fraction of sp³-hybridized carbons (Fsp3) is 0.150. The Morgan fingerprint density at radius 2 is 1.57 bits per heavy atom. The summed E-state index contributed by atoms with van der Waals surface area (Å²) < 4.78 is 5.74. The third-order valence-electron chi connectivity index (χ3n) is 4.33. The first kappa shape index (κ1) is 14.2. The van der Waals surface area contributed by atoms with Crippen molar-refractivity contribution >= 4 is 35.1 Å². The van der Waals surface area contributed by atoms with Crippen molar-refractivity contribution in [2.75, 3.05) is 0 Å². The molecule has 0 radical (unpaired) electrons. The number of benzene rings is 2. The maximum Gasteiger partial charge on any atom is 0.145 e. The first-order valence-electron chi connectivity index (χ1n) is 7.91. The molecule has 0 saturated carbocycles. The molecule has 3 heteroatoms. The minimum absolute atomic E-state index is 0.917. The van der Waals surface area contributed by atoms with Crippen LogP contribution in [0.3, 0.4) is 0 Å². The summed E-state index contributed by atoms with van der Waals surface area (Å²) in [7, 11) is -1.28. The number of aromatic nitrogens is 1. The second-order valence-corrected chi connectivity index (χ2v) is 12.0. The molecule has 4 aromatic rings. The smallest absolute Gasteiger partial charge is 0.145 e. The van der Waals surface area contributed by atoms with E-state index in [1.807, 2.05) is 24.3 Å². The van der Waals surface area contributed by atoms with Gasteiger partial charge in [-0.1, -0.05) is 61.2 Å². The van der Waals surface area contributed by atoms with Gasteiger partial charge in [-0.2, -0.15) is 0 Å². The topological polar surface area (TPSA) is 26.0 Å². The van der Waals surface area contributed by atoms with Crippen LogP contribution in [0.25, 0.3) is 33.1 Å². The van der Waals surface area contributed by atoms with Gasteiger partial charge >= 0.3 is 0 Å². The fourth-order valence-corrected chi connectivity index (χ4v) is 4.16. The molecule has 0 fully saturated rings. The average Bonchev–Trinajstić information content (AvgIpc) is 3.03. The molecule has 2 heterocycles. The lowest BCUT2D eigenvalue weighted by Crippen LogP contribution is -2.37. The number of pyridine rings is 1. The van der Waals surface area contributed by atoms with E-state index in [1.165, 1.54) is 5.19 Å². The molecule has 114 valence electrons. The standard InChI is InChI=1S/C20H19NOSi/c1-23(2,3)15-10-8-14(9-11-15)19-17-12-13-22-20(17)16-6-4-5-7-18(16)21-19/h4-13H,1-3H3. The van der Waals surface area contributed by atoms with Gasteiger partial charge in [0.25, 0.3) is 0 Å². The molecule has 0 bridgehead atoms. The lowest BCUT2D eigenvalue weighted by Gasteiger charge is -2.16. The third-order valence-corrected chi connectivity index (χ3v) is 6.39.